The van der Waals surface area contributed by atoms with Gasteiger partial charge in [-0.05, 0) is 6.07 Å². The maximum atomic E-state index is 9.66. The Bertz CT molecular complexity index is 514. The van der Waals surface area contributed by atoms with Crippen LogP contribution in [0, 0.1) is 0 Å². The lowest BCUT2D eigenvalue weighted by Gasteiger charge is -2.26. The summed E-state index contributed by atoms with van der Waals surface area (Å²) >= 11 is 0. The van der Waals surface area contributed by atoms with Crippen molar-refractivity contribution in [2.45, 2.75) is 6.54 Å². The number of morpholine rings is 1. The molecule has 1 aromatic heterocycles. The SMILES string of the molecule is Oc1cccc2c(CN3CCOCC3)coc12. The first kappa shape index (κ1) is 10.6. The van der Waals surface area contributed by atoms with Crippen LogP contribution in [0.3, 0.4) is 0 Å². The molecule has 4 nitrogen and oxygen atoms in total. The van der Waals surface area contributed by atoms with Crippen molar-refractivity contribution < 1.29 is 14.3 Å². The third-order valence-electron chi connectivity index (χ3n) is 3.16. The minimum absolute atomic E-state index is 0.204. The Morgan fingerprint density at radius 1 is 1.24 bits per heavy atom. The van der Waals surface area contributed by atoms with E-state index in [4.69, 9.17) is 9.15 Å². The molecule has 0 amide bonds. The predicted octanol–water partition coefficient (Wildman–Crippen LogP) is 1.97. The molecule has 0 aliphatic carbocycles. The largest absolute Gasteiger partial charge is 0.504 e. The quantitative estimate of drug-likeness (QED) is 0.861. The third-order valence-corrected chi connectivity index (χ3v) is 3.16. The van der Waals surface area contributed by atoms with Crippen LogP contribution in [-0.4, -0.2) is 36.3 Å². The fourth-order valence-corrected chi connectivity index (χ4v) is 2.22. The second-order valence-corrected chi connectivity index (χ2v) is 4.30. The van der Waals surface area contributed by atoms with Crippen LogP contribution < -0.4 is 0 Å². The van der Waals surface area contributed by atoms with Crippen LogP contribution in [0.15, 0.2) is 28.9 Å². The summed E-state index contributed by atoms with van der Waals surface area (Å²) in [7, 11) is 0. The molecule has 0 saturated carbocycles. The second kappa shape index (κ2) is 4.39. The molecule has 1 fully saturated rings. The number of phenolic OH excluding ortho intramolecular Hbond substituents is 1. The summed E-state index contributed by atoms with van der Waals surface area (Å²) in [5.41, 5.74) is 1.70. The van der Waals surface area contributed by atoms with Gasteiger partial charge in [-0.2, -0.15) is 0 Å². The lowest BCUT2D eigenvalue weighted by atomic mass is 10.1. The monoisotopic (exact) mass is 233 g/mol. The fraction of sp³-hybridized carbons (Fsp3) is 0.385. The number of fused-ring (bicyclic) bond motifs is 1. The molecule has 1 saturated heterocycles. The molecule has 1 aliphatic heterocycles. The van der Waals surface area contributed by atoms with Gasteiger partial charge in [-0.1, -0.05) is 12.1 Å². The van der Waals surface area contributed by atoms with Gasteiger partial charge in [0.2, 0.25) is 0 Å². The molecule has 2 heterocycles. The van der Waals surface area contributed by atoms with Gasteiger partial charge in [-0.15, -0.1) is 0 Å². The molecule has 0 bridgehead atoms. The van der Waals surface area contributed by atoms with Crippen molar-refractivity contribution in [3.63, 3.8) is 0 Å². The number of furan rings is 1. The van der Waals surface area contributed by atoms with Gasteiger partial charge < -0.3 is 14.3 Å². The van der Waals surface area contributed by atoms with Gasteiger partial charge in [-0.25, -0.2) is 0 Å². The normalized spacial score (nSPS) is 17.6. The Morgan fingerprint density at radius 3 is 2.88 bits per heavy atom. The Balaban J connectivity index is 1.87. The summed E-state index contributed by atoms with van der Waals surface area (Å²) in [5.74, 6) is 0.204. The lowest BCUT2D eigenvalue weighted by Crippen LogP contribution is -2.35. The van der Waals surface area contributed by atoms with E-state index in [9.17, 15) is 5.11 Å². The zero-order chi connectivity index (χ0) is 11.7. The number of hydrogen-bond acceptors (Lipinski definition) is 4. The van der Waals surface area contributed by atoms with Crippen molar-refractivity contribution in [1.29, 1.82) is 0 Å². The molecule has 0 spiro atoms. The number of benzene rings is 1. The van der Waals surface area contributed by atoms with E-state index in [1.165, 1.54) is 0 Å². The van der Waals surface area contributed by atoms with Crippen LogP contribution in [0.25, 0.3) is 11.0 Å². The van der Waals surface area contributed by atoms with Crippen LogP contribution in [-0.2, 0) is 11.3 Å². The van der Waals surface area contributed by atoms with Crippen LogP contribution in [0.1, 0.15) is 5.56 Å². The Kier molecular flexibility index (Phi) is 2.74. The molecule has 17 heavy (non-hydrogen) atoms. The lowest BCUT2D eigenvalue weighted by molar-refractivity contribution is 0.0342. The van der Waals surface area contributed by atoms with Gasteiger partial charge in [0.1, 0.15) is 0 Å². The number of aromatic hydroxyl groups is 1. The topological polar surface area (TPSA) is 45.8 Å². The van der Waals surface area contributed by atoms with Gasteiger partial charge in [0, 0.05) is 30.6 Å². The average molecular weight is 233 g/mol. The zero-order valence-corrected chi connectivity index (χ0v) is 9.56. The number of rotatable bonds is 2. The fourth-order valence-electron chi connectivity index (χ4n) is 2.22. The van der Waals surface area contributed by atoms with E-state index < -0.39 is 0 Å². The Morgan fingerprint density at radius 2 is 2.06 bits per heavy atom. The smallest absolute Gasteiger partial charge is 0.175 e. The molecule has 90 valence electrons. The molecular weight excluding hydrogens is 218 g/mol. The summed E-state index contributed by atoms with van der Waals surface area (Å²) in [5, 5.41) is 10.7. The molecule has 1 aromatic carbocycles. The van der Waals surface area contributed by atoms with Crippen molar-refractivity contribution in [2.75, 3.05) is 26.3 Å². The van der Waals surface area contributed by atoms with Gasteiger partial charge in [0.15, 0.2) is 11.3 Å². The average Bonchev–Trinajstić information content (AvgIpc) is 2.76. The molecule has 0 radical (unpaired) electrons. The molecule has 1 aliphatic rings. The molecular formula is C13H15NO3. The molecule has 1 N–H and O–H groups in total. The summed E-state index contributed by atoms with van der Waals surface area (Å²) in [4.78, 5) is 2.33. The second-order valence-electron chi connectivity index (χ2n) is 4.30. The van der Waals surface area contributed by atoms with Crippen LogP contribution >= 0.6 is 0 Å². The number of para-hydroxylation sites is 1. The molecule has 4 heteroatoms. The van der Waals surface area contributed by atoms with Gasteiger partial charge in [-0.3, -0.25) is 4.90 Å². The van der Waals surface area contributed by atoms with Crippen LogP contribution in [0.4, 0.5) is 0 Å². The molecule has 0 atom stereocenters. The Labute approximate surface area is 99.4 Å². The maximum Gasteiger partial charge on any atom is 0.175 e. The highest BCUT2D eigenvalue weighted by molar-refractivity contribution is 5.85. The first-order chi connectivity index (χ1) is 8.34. The van der Waals surface area contributed by atoms with Crippen molar-refractivity contribution in [2.24, 2.45) is 0 Å². The van der Waals surface area contributed by atoms with Crippen LogP contribution in [0.5, 0.6) is 5.75 Å². The van der Waals surface area contributed by atoms with E-state index in [-0.39, 0.29) is 5.75 Å². The summed E-state index contributed by atoms with van der Waals surface area (Å²) < 4.78 is 10.7. The maximum absolute atomic E-state index is 9.66. The van der Waals surface area contributed by atoms with Gasteiger partial charge in [0.05, 0.1) is 19.5 Å². The Hall–Kier alpha value is -1.52. The van der Waals surface area contributed by atoms with Crippen molar-refractivity contribution >= 4 is 11.0 Å². The van der Waals surface area contributed by atoms with E-state index in [0.29, 0.717) is 5.58 Å². The highest BCUT2D eigenvalue weighted by Gasteiger charge is 2.15. The molecule has 0 unspecified atom stereocenters. The number of phenols is 1. The first-order valence-electron chi connectivity index (χ1n) is 5.83. The van der Waals surface area contributed by atoms with Crippen molar-refractivity contribution in [3.8, 4) is 5.75 Å². The van der Waals surface area contributed by atoms with E-state index in [2.05, 4.69) is 4.90 Å². The van der Waals surface area contributed by atoms with Gasteiger partial charge in [0.25, 0.3) is 0 Å². The van der Waals surface area contributed by atoms with E-state index in [1.54, 1.807) is 12.3 Å². The number of hydrogen-bond donors (Lipinski definition) is 1. The van der Waals surface area contributed by atoms with Gasteiger partial charge >= 0.3 is 0 Å². The summed E-state index contributed by atoms with van der Waals surface area (Å²) in [6, 6.07) is 5.47. The minimum atomic E-state index is 0.204. The summed E-state index contributed by atoms with van der Waals surface area (Å²) in [6.45, 7) is 4.33. The predicted molar refractivity (Wildman–Crippen MR) is 64.0 cm³/mol. The molecule has 3 rings (SSSR count). The molecule has 2 aromatic rings. The van der Waals surface area contributed by atoms with E-state index in [0.717, 1.165) is 43.8 Å². The number of nitrogens with zero attached hydrogens (tertiary/aromatic N) is 1. The zero-order valence-electron chi connectivity index (χ0n) is 9.56. The van der Waals surface area contributed by atoms with Crippen LogP contribution in [0.2, 0.25) is 0 Å². The van der Waals surface area contributed by atoms with Crippen molar-refractivity contribution in [1.82, 2.24) is 4.90 Å². The minimum Gasteiger partial charge on any atom is -0.504 e. The standard InChI is InChI=1S/C13H15NO3/c15-12-3-1-2-11-10(9-17-13(11)12)8-14-4-6-16-7-5-14/h1-3,9,15H,4-8H2. The van der Waals surface area contributed by atoms with E-state index >= 15 is 0 Å². The summed E-state index contributed by atoms with van der Waals surface area (Å²) in [6.07, 6.45) is 1.74. The third kappa shape index (κ3) is 2.01. The first-order valence-corrected chi connectivity index (χ1v) is 5.83. The highest BCUT2D eigenvalue weighted by Crippen LogP contribution is 2.29. The van der Waals surface area contributed by atoms with E-state index in [1.807, 2.05) is 12.1 Å². The number of ether oxygens (including phenoxy) is 1. The van der Waals surface area contributed by atoms with Crippen molar-refractivity contribution in [3.05, 3.63) is 30.0 Å². The highest BCUT2D eigenvalue weighted by atomic mass is 16.5.